The smallest absolute Gasteiger partial charge is 0.261 e. The van der Waals surface area contributed by atoms with E-state index in [4.69, 9.17) is 5.73 Å². The number of hydrogen-bond acceptors (Lipinski definition) is 3. The first-order valence-corrected chi connectivity index (χ1v) is 8.31. The molecule has 1 unspecified atom stereocenters. The minimum atomic E-state index is -0.770. The first-order chi connectivity index (χ1) is 11.9. The first-order valence-electron chi connectivity index (χ1n) is 8.31. The summed E-state index contributed by atoms with van der Waals surface area (Å²) in [6.45, 7) is 3.96. The summed E-state index contributed by atoms with van der Waals surface area (Å²) < 4.78 is 0. The Morgan fingerprint density at radius 1 is 1.20 bits per heavy atom. The molecule has 3 rings (SSSR count). The number of hydrogen-bond donors (Lipinski definition) is 3. The van der Waals surface area contributed by atoms with E-state index in [0.717, 1.165) is 35.2 Å². The zero-order chi connectivity index (χ0) is 18.1. The van der Waals surface area contributed by atoms with Crippen LogP contribution in [0, 0.1) is 13.8 Å². The van der Waals surface area contributed by atoms with Crippen molar-refractivity contribution in [1.29, 1.82) is 0 Å². The maximum absolute atomic E-state index is 12.6. The van der Waals surface area contributed by atoms with E-state index >= 15 is 0 Å². The number of carbonyl (C=O) groups excluding carboxylic acids is 2. The van der Waals surface area contributed by atoms with Gasteiger partial charge in [0.1, 0.15) is 5.56 Å². The third-order valence-corrected chi connectivity index (χ3v) is 4.79. The zero-order valence-corrected chi connectivity index (χ0v) is 14.3. The fraction of sp³-hybridized carbons (Fsp3) is 0.316. The average Bonchev–Trinajstić information content (AvgIpc) is 2.56. The number of nitrogens with one attached hydrogen (secondary N) is 2. The van der Waals surface area contributed by atoms with E-state index in [0.29, 0.717) is 12.0 Å². The Bertz CT molecular complexity index is 915. The quantitative estimate of drug-likeness (QED) is 0.795. The second-order valence-corrected chi connectivity index (χ2v) is 6.53. The summed E-state index contributed by atoms with van der Waals surface area (Å²) in [4.78, 5) is 38.7. The van der Waals surface area contributed by atoms with Gasteiger partial charge < -0.3 is 16.0 Å². The summed E-state index contributed by atoms with van der Waals surface area (Å²) in [6, 6.07) is 6.83. The number of H-pyrrole nitrogens is 1. The van der Waals surface area contributed by atoms with Crippen LogP contribution in [0.15, 0.2) is 29.1 Å². The topological polar surface area (TPSA) is 105 Å². The van der Waals surface area contributed by atoms with Crippen molar-refractivity contribution in [2.75, 3.05) is 0 Å². The molecule has 1 atom stereocenters. The van der Waals surface area contributed by atoms with Gasteiger partial charge in [-0.1, -0.05) is 6.07 Å². The predicted molar refractivity (Wildman–Crippen MR) is 94.6 cm³/mol. The van der Waals surface area contributed by atoms with E-state index in [2.05, 4.69) is 10.3 Å². The van der Waals surface area contributed by atoms with Gasteiger partial charge in [0, 0.05) is 11.3 Å². The molecule has 2 aromatic rings. The second kappa shape index (κ2) is 6.55. The molecule has 1 aromatic heterocycles. The number of amides is 2. The number of carbonyl (C=O) groups is 2. The summed E-state index contributed by atoms with van der Waals surface area (Å²) in [6.07, 6.45) is 2.30. The number of rotatable bonds is 3. The average molecular weight is 339 g/mol. The van der Waals surface area contributed by atoms with Gasteiger partial charge in [-0.3, -0.25) is 14.4 Å². The molecule has 0 spiro atoms. The van der Waals surface area contributed by atoms with Crippen molar-refractivity contribution in [1.82, 2.24) is 10.3 Å². The second-order valence-electron chi connectivity index (χ2n) is 6.53. The van der Waals surface area contributed by atoms with Gasteiger partial charge in [-0.15, -0.1) is 0 Å². The normalized spacial score (nSPS) is 16.2. The van der Waals surface area contributed by atoms with Crippen LogP contribution in [0.3, 0.4) is 0 Å². The van der Waals surface area contributed by atoms with Crippen LogP contribution in [0.2, 0.25) is 0 Å². The van der Waals surface area contributed by atoms with E-state index in [9.17, 15) is 14.4 Å². The molecule has 1 aliphatic carbocycles. The lowest BCUT2D eigenvalue weighted by Crippen LogP contribution is -2.34. The molecule has 0 radical (unpaired) electrons. The van der Waals surface area contributed by atoms with Crippen LogP contribution in [-0.4, -0.2) is 16.8 Å². The summed E-state index contributed by atoms with van der Waals surface area (Å²) in [5.74, 6) is -0.943. The van der Waals surface area contributed by atoms with Gasteiger partial charge in [-0.2, -0.15) is 0 Å². The lowest BCUT2D eigenvalue weighted by Gasteiger charge is -2.26. The van der Waals surface area contributed by atoms with Gasteiger partial charge in [0.25, 0.3) is 17.4 Å². The van der Waals surface area contributed by atoms with E-state index in [-0.39, 0.29) is 17.5 Å². The number of primary amides is 1. The fourth-order valence-electron chi connectivity index (χ4n) is 3.20. The molecule has 6 heteroatoms. The molecular formula is C19H21N3O3. The zero-order valence-electron chi connectivity index (χ0n) is 14.3. The molecule has 0 aliphatic heterocycles. The first kappa shape index (κ1) is 17.0. The molecule has 6 nitrogen and oxygen atoms in total. The Morgan fingerprint density at radius 2 is 1.96 bits per heavy atom. The lowest BCUT2D eigenvalue weighted by atomic mass is 9.90. The number of nitrogens with two attached hydrogens (primary N) is 1. The monoisotopic (exact) mass is 339 g/mol. The molecular weight excluding hydrogens is 318 g/mol. The number of aromatic nitrogens is 1. The number of fused-ring (bicyclic) bond motifs is 1. The molecule has 2 amide bonds. The van der Waals surface area contributed by atoms with Gasteiger partial charge >= 0.3 is 0 Å². The van der Waals surface area contributed by atoms with Crippen LogP contribution < -0.4 is 16.6 Å². The van der Waals surface area contributed by atoms with Crippen molar-refractivity contribution >= 4 is 11.8 Å². The maximum Gasteiger partial charge on any atom is 0.261 e. The third kappa shape index (κ3) is 3.33. The SMILES string of the molecule is Cc1ccc(C(=O)NC2CCCc3[nH]c(=O)c(C(N)=O)cc32)cc1C. The highest BCUT2D eigenvalue weighted by Gasteiger charge is 2.25. The molecule has 1 heterocycles. The van der Waals surface area contributed by atoms with Crippen LogP contribution in [0.1, 0.15) is 62.0 Å². The van der Waals surface area contributed by atoms with Crippen LogP contribution in [0.5, 0.6) is 0 Å². The third-order valence-electron chi connectivity index (χ3n) is 4.79. The number of aryl methyl sites for hydroxylation is 3. The van der Waals surface area contributed by atoms with Crippen molar-refractivity contribution < 1.29 is 9.59 Å². The predicted octanol–water partition coefficient (Wildman–Crippen LogP) is 1.90. The Hall–Kier alpha value is -2.89. The molecule has 1 aromatic carbocycles. The summed E-state index contributed by atoms with van der Waals surface area (Å²) in [7, 11) is 0. The molecule has 0 fully saturated rings. The fourth-order valence-corrected chi connectivity index (χ4v) is 3.20. The number of benzene rings is 1. The maximum atomic E-state index is 12.6. The van der Waals surface area contributed by atoms with Gasteiger partial charge in [0.05, 0.1) is 6.04 Å². The minimum absolute atomic E-state index is 0.0777. The van der Waals surface area contributed by atoms with Crippen LogP contribution in [0.4, 0.5) is 0 Å². The summed E-state index contributed by atoms with van der Waals surface area (Å²) >= 11 is 0. The lowest BCUT2D eigenvalue weighted by molar-refractivity contribution is 0.0932. The summed E-state index contributed by atoms with van der Waals surface area (Å²) in [5.41, 5.74) is 9.00. The Balaban J connectivity index is 1.91. The summed E-state index contributed by atoms with van der Waals surface area (Å²) in [5, 5.41) is 3.01. The standard InChI is InChI=1S/C19H21N3O3/c1-10-6-7-12(8-11(10)2)18(24)21-15-4-3-5-16-13(15)9-14(17(20)23)19(25)22-16/h6-9,15H,3-5H2,1-2H3,(H2,20,23)(H,21,24)(H,22,25). The Morgan fingerprint density at radius 3 is 2.64 bits per heavy atom. The Labute approximate surface area is 145 Å². The molecule has 0 saturated carbocycles. The van der Waals surface area contributed by atoms with Gasteiger partial charge in [-0.25, -0.2) is 0 Å². The van der Waals surface area contributed by atoms with Crippen molar-refractivity contribution in [3.63, 3.8) is 0 Å². The van der Waals surface area contributed by atoms with Gasteiger partial charge in [-0.05, 0) is 68.0 Å². The molecule has 130 valence electrons. The number of aromatic amines is 1. The largest absolute Gasteiger partial charge is 0.365 e. The highest BCUT2D eigenvalue weighted by atomic mass is 16.2. The van der Waals surface area contributed by atoms with Crippen molar-refractivity contribution in [3.05, 3.63) is 68.1 Å². The van der Waals surface area contributed by atoms with E-state index < -0.39 is 11.5 Å². The van der Waals surface area contributed by atoms with Crippen LogP contribution in [-0.2, 0) is 6.42 Å². The molecule has 1 aliphatic rings. The highest BCUT2D eigenvalue weighted by molar-refractivity contribution is 5.95. The molecule has 25 heavy (non-hydrogen) atoms. The highest BCUT2D eigenvalue weighted by Crippen LogP contribution is 2.28. The van der Waals surface area contributed by atoms with Crippen molar-refractivity contribution in [3.8, 4) is 0 Å². The van der Waals surface area contributed by atoms with Gasteiger partial charge in [0.15, 0.2) is 0 Å². The number of pyridine rings is 1. The Kier molecular flexibility index (Phi) is 4.44. The van der Waals surface area contributed by atoms with Gasteiger partial charge in [0.2, 0.25) is 0 Å². The van der Waals surface area contributed by atoms with E-state index in [1.807, 2.05) is 26.0 Å². The van der Waals surface area contributed by atoms with Crippen molar-refractivity contribution in [2.24, 2.45) is 5.73 Å². The van der Waals surface area contributed by atoms with E-state index in [1.54, 1.807) is 6.07 Å². The minimum Gasteiger partial charge on any atom is -0.365 e. The van der Waals surface area contributed by atoms with Crippen LogP contribution in [0.25, 0.3) is 0 Å². The molecule has 4 N–H and O–H groups in total. The van der Waals surface area contributed by atoms with Crippen LogP contribution >= 0.6 is 0 Å². The molecule has 0 saturated heterocycles. The van der Waals surface area contributed by atoms with E-state index in [1.165, 1.54) is 6.07 Å². The molecule has 0 bridgehead atoms. The van der Waals surface area contributed by atoms with Crippen molar-refractivity contribution in [2.45, 2.75) is 39.2 Å².